The first-order chi connectivity index (χ1) is 8.74. The molecule has 1 aromatic rings. The Bertz CT molecular complexity index is 380. The van der Waals surface area contributed by atoms with Crippen molar-refractivity contribution < 1.29 is 9.90 Å². The minimum atomic E-state index is -0.780. The van der Waals surface area contributed by atoms with Crippen LogP contribution in [-0.2, 0) is 11.2 Å². The summed E-state index contributed by atoms with van der Waals surface area (Å²) in [7, 11) is 0. The molecule has 0 bridgehead atoms. The fraction of sp³-hybridized carbons (Fsp3) is 0.533. The molecule has 2 rings (SSSR count). The van der Waals surface area contributed by atoms with Crippen molar-refractivity contribution in [2.75, 3.05) is 11.9 Å². The van der Waals surface area contributed by atoms with Crippen molar-refractivity contribution in [2.24, 2.45) is 5.92 Å². The van der Waals surface area contributed by atoms with E-state index in [4.69, 9.17) is 5.11 Å². The largest absolute Gasteiger partial charge is 0.481 e. The van der Waals surface area contributed by atoms with Crippen LogP contribution in [0.4, 0.5) is 5.69 Å². The minimum Gasteiger partial charge on any atom is -0.481 e. The molecule has 0 heterocycles. The molecule has 0 amide bonds. The van der Waals surface area contributed by atoms with Gasteiger partial charge in [-0.05, 0) is 36.5 Å². The van der Waals surface area contributed by atoms with Crippen LogP contribution in [-0.4, -0.2) is 17.6 Å². The highest BCUT2D eigenvalue weighted by molar-refractivity contribution is 5.70. The van der Waals surface area contributed by atoms with E-state index in [1.165, 1.54) is 32.1 Å². The third-order valence-corrected chi connectivity index (χ3v) is 3.63. The zero-order valence-corrected chi connectivity index (χ0v) is 10.7. The number of carboxylic acid groups (broad SMARTS) is 1. The quantitative estimate of drug-likeness (QED) is 0.839. The van der Waals surface area contributed by atoms with Gasteiger partial charge in [0.1, 0.15) is 0 Å². The SMILES string of the molecule is O=C(O)Cc1ccc(NCC2CCCCC2)cc1. The van der Waals surface area contributed by atoms with Gasteiger partial charge in [-0.3, -0.25) is 4.79 Å². The van der Waals surface area contributed by atoms with Crippen LogP contribution in [0.15, 0.2) is 24.3 Å². The molecule has 3 heteroatoms. The third-order valence-electron chi connectivity index (χ3n) is 3.63. The summed E-state index contributed by atoms with van der Waals surface area (Å²) in [6.07, 6.45) is 6.89. The smallest absolute Gasteiger partial charge is 0.307 e. The molecular formula is C15H21NO2. The van der Waals surface area contributed by atoms with E-state index < -0.39 is 5.97 Å². The first-order valence-corrected chi connectivity index (χ1v) is 6.78. The number of carbonyl (C=O) groups is 1. The average Bonchev–Trinajstić information content (AvgIpc) is 2.38. The summed E-state index contributed by atoms with van der Waals surface area (Å²) in [5.41, 5.74) is 1.94. The topological polar surface area (TPSA) is 49.3 Å². The van der Waals surface area contributed by atoms with Gasteiger partial charge in [0.15, 0.2) is 0 Å². The average molecular weight is 247 g/mol. The minimum absolute atomic E-state index is 0.100. The molecule has 18 heavy (non-hydrogen) atoms. The number of rotatable bonds is 5. The highest BCUT2D eigenvalue weighted by atomic mass is 16.4. The molecule has 1 aromatic carbocycles. The van der Waals surface area contributed by atoms with Gasteiger partial charge in [-0.15, -0.1) is 0 Å². The van der Waals surface area contributed by atoms with E-state index in [0.717, 1.165) is 23.7 Å². The second-order valence-corrected chi connectivity index (χ2v) is 5.15. The van der Waals surface area contributed by atoms with E-state index in [-0.39, 0.29) is 6.42 Å². The summed E-state index contributed by atoms with van der Waals surface area (Å²) in [4.78, 5) is 10.6. The molecule has 1 saturated carbocycles. The van der Waals surface area contributed by atoms with Gasteiger partial charge in [-0.25, -0.2) is 0 Å². The fourth-order valence-corrected chi connectivity index (χ4v) is 2.57. The Hall–Kier alpha value is -1.51. The molecule has 0 unspecified atom stereocenters. The number of carboxylic acids is 1. The maximum Gasteiger partial charge on any atom is 0.307 e. The lowest BCUT2D eigenvalue weighted by Crippen LogP contribution is -2.17. The van der Waals surface area contributed by atoms with Crippen molar-refractivity contribution >= 4 is 11.7 Å². The lowest BCUT2D eigenvalue weighted by atomic mass is 9.89. The van der Waals surface area contributed by atoms with Gasteiger partial charge >= 0.3 is 5.97 Å². The van der Waals surface area contributed by atoms with Crippen molar-refractivity contribution in [2.45, 2.75) is 38.5 Å². The molecule has 1 fully saturated rings. The third kappa shape index (κ3) is 4.06. The van der Waals surface area contributed by atoms with Gasteiger partial charge < -0.3 is 10.4 Å². The molecule has 1 aliphatic rings. The molecule has 0 radical (unpaired) electrons. The van der Waals surface area contributed by atoms with Gasteiger partial charge in [-0.2, -0.15) is 0 Å². The molecule has 3 nitrogen and oxygen atoms in total. The summed E-state index contributed by atoms with van der Waals surface area (Å²) >= 11 is 0. The van der Waals surface area contributed by atoms with Crippen molar-refractivity contribution in [3.05, 3.63) is 29.8 Å². The molecule has 98 valence electrons. The molecule has 0 spiro atoms. The number of benzene rings is 1. The highest BCUT2D eigenvalue weighted by Crippen LogP contribution is 2.24. The van der Waals surface area contributed by atoms with Gasteiger partial charge in [0.05, 0.1) is 6.42 Å². The number of aliphatic carboxylic acids is 1. The molecule has 0 aliphatic heterocycles. The Morgan fingerprint density at radius 2 is 1.83 bits per heavy atom. The van der Waals surface area contributed by atoms with Crippen molar-refractivity contribution in [3.8, 4) is 0 Å². The first-order valence-electron chi connectivity index (χ1n) is 6.78. The predicted octanol–water partition coefficient (Wildman–Crippen LogP) is 3.31. The van der Waals surface area contributed by atoms with Crippen LogP contribution in [0.1, 0.15) is 37.7 Å². The Morgan fingerprint density at radius 3 is 2.44 bits per heavy atom. The summed E-state index contributed by atoms with van der Waals surface area (Å²) in [5, 5.41) is 12.1. The number of hydrogen-bond acceptors (Lipinski definition) is 2. The van der Waals surface area contributed by atoms with Gasteiger partial charge in [0.25, 0.3) is 0 Å². The van der Waals surface area contributed by atoms with Crippen molar-refractivity contribution in [1.29, 1.82) is 0 Å². The fourth-order valence-electron chi connectivity index (χ4n) is 2.57. The lowest BCUT2D eigenvalue weighted by Gasteiger charge is -2.22. The number of hydrogen-bond donors (Lipinski definition) is 2. The summed E-state index contributed by atoms with van der Waals surface area (Å²) in [5.74, 6) is 0.0235. The van der Waals surface area contributed by atoms with Crippen LogP contribution < -0.4 is 5.32 Å². The highest BCUT2D eigenvalue weighted by Gasteiger charge is 2.12. The predicted molar refractivity (Wildman–Crippen MR) is 72.8 cm³/mol. The number of anilines is 1. The normalized spacial score (nSPS) is 16.4. The van der Waals surface area contributed by atoms with Crippen LogP contribution in [0.25, 0.3) is 0 Å². The lowest BCUT2D eigenvalue weighted by molar-refractivity contribution is -0.136. The molecule has 0 aromatic heterocycles. The van der Waals surface area contributed by atoms with Crippen molar-refractivity contribution in [1.82, 2.24) is 0 Å². The van der Waals surface area contributed by atoms with E-state index >= 15 is 0 Å². The first kappa shape index (κ1) is 12.9. The van der Waals surface area contributed by atoms with Crippen LogP contribution in [0.3, 0.4) is 0 Å². The van der Waals surface area contributed by atoms with E-state index in [1.54, 1.807) is 0 Å². The molecule has 0 saturated heterocycles. The maximum atomic E-state index is 10.6. The second kappa shape index (κ2) is 6.43. The summed E-state index contributed by atoms with van der Waals surface area (Å²) < 4.78 is 0. The monoisotopic (exact) mass is 247 g/mol. The summed E-state index contributed by atoms with van der Waals surface area (Å²) in [6, 6.07) is 7.72. The van der Waals surface area contributed by atoms with Gasteiger partial charge in [0, 0.05) is 12.2 Å². The Kier molecular flexibility index (Phi) is 4.62. The Morgan fingerprint density at radius 1 is 1.17 bits per heavy atom. The molecule has 2 N–H and O–H groups in total. The second-order valence-electron chi connectivity index (χ2n) is 5.15. The van der Waals surface area contributed by atoms with Crippen molar-refractivity contribution in [3.63, 3.8) is 0 Å². The zero-order valence-electron chi connectivity index (χ0n) is 10.7. The number of nitrogens with one attached hydrogen (secondary N) is 1. The standard InChI is InChI=1S/C15H21NO2/c17-15(18)10-12-6-8-14(9-7-12)16-11-13-4-2-1-3-5-13/h6-9,13,16H,1-5,10-11H2,(H,17,18). The summed E-state index contributed by atoms with van der Waals surface area (Å²) in [6.45, 7) is 1.04. The van der Waals surface area contributed by atoms with Gasteiger partial charge in [-0.1, -0.05) is 31.4 Å². The maximum absolute atomic E-state index is 10.6. The van der Waals surface area contributed by atoms with Crippen LogP contribution in [0.2, 0.25) is 0 Å². The van der Waals surface area contributed by atoms with E-state index in [9.17, 15) is 4.79 Å². The van der Waals surface area contributed by atoms with Crippen LogP contribution in [0.5, 0.6) is 0 Å². The van der Waals surface area contributed by atoms with Crippen LogP contribution in [0, 0.1) is 5.92 Å². The molecule has 1 aliphatic carbocycles. The molecular weight excluding hydrogens is 226 g/mol. The van der Waals surface area contributed by atoms with Crippen LogP contribution >= 0.6 is 0 Å². The van der Waals surface area contributed by atoms with Gasteiger partial charge in [0.2, 0.25) is 0 Å². The van der Waals surface area contributed by atoms with E-state index in [2.05, 4.69) is 5.32 Å². The molecule has 0 atom stereocenters. The van der Waals surface area contributed by atoms with E-state index in [0.29, 0.717) is 0 Å². The van der Waals surface area contributed by atoms with E-state index in [1.807, 2.05) is 24.3 Å². The Labute approximate surface area is 108 Å². The Balaban J connectivity index is 1.80. The zero-order chi connectivity index (χ0) is 12.8.